The van der Waals surface area contributed by atoms with Crippen LogP contribution in [0.2, 0.25) is 0 Å². The van der Waals surface area contributed by atoms with E-state index < -0.39 is 46.9 Å². The summed E-state index contributed by atoms with van der Waals surface area (Å²) in [4.78, 5) is 53.9. The maximum absolute atomic E-state index is 14.7. The van der Waals surface area contributed by atoms with Crippen molar-refractivity contribution in [2.24, 2.45) is 26.1 Å². The highest BCUT2D eigenvalue weighted by Gasteiger charge is 2.30. The summed E-state index contributed by atoms with van der Waals surface area (Å²) in [5.41, 5.74) is 11.9. The number of hydrazone groups is 4. The molecule has 0 fully saturated rings. The predicted molar refractivity (Wildman–Crippen MR) is 481 cm³/mol. The molecule has 0 aromatic heterocycles. The van der Waals surface area contributed by atoms with Crippen molar-refractivity contribution >= 4 is 46.5 Å². The van der Waals surface area contributed by atoms with Gasteiger partial charge in [0.25, 0.3) is 23.6 Å². The highest BCUT2D eigenvalue weighted by molar-refractivity contribution is 6.06. The first-order valence-corrected chi connectivity index (χ1v) is 42.8. The summed E-state index contributed by atoms with van der Waals surface area (Å²) < 4.78 is 124. The molecule has 4 aliphatic heterocycles. The highest BCUT2D eigenvalue weighted by Crippen LogP contribution is 2.36. The number of carbonyl (C=O) groups excluding carboxylic acids is 4. The summed E-state index contributed by atoms with van der Waals surface area (Å²) in [5, 5.41) is 29.4. The third-order valence-electron chi connectivity index (χ3n) is 20.1. The smallest absolute Gasteiger partial charge is 0.276 e. The zero-order valence-corrected chi connectivity index (χ0v) is 74.8. The van der Waals surface area contributed by atoms with Crippen molar-refractivity contribution in [1.29, 1.82) is 0 Å². The minimum absolute atomic E-state index is 0.0252. The number of carbonyl (C=O) groups is 4. The van der Waals surface area contributed by atoms with E-state index in [0.29, 0.717) is 180 Å². The Bertz CT molecular complexity index is 5110. The van der Waals surface area contributed by atoms with Crippen LogP contribution < -0.4 is 73.2 Å². The van der Waals surface area contributed by atoms with Crippen molar-refractivity contribution < 1.29 is 93.6 Å². The predicted octanol–water partition coefficient (Wildman–Crippen LogP) is 15.1. The zero-order valence-electron chi connectivity index (χ0n) is 74.8. The molecule has 4 heterocycles. The number of methoxy groups -OCH3 is 4. The van der Waals surface area contributed by atoms with Crippen LogP contribution in [0.5, 0.6) is 69.0 Å². The molecule has 4 aliphatic rings. The Kier molecular flexibility index (Phi) is 39.1. The molecule has 1 atom stereocenters. The zero-order chi connectivity index (χ0) is 91.3. The lowest BCUT2D eigenvalue weighted by Crippen LogP contribution is -2.32. The summed E-state index contributed by atoms with van der Waals surface area (Å²) in [6, 6.07) is 39.1. The summed E-state index contributed by atoms with van der Waals surface area (Å²) in [7, 11) is 10.1. The van der Waals surface area contributed by atoms with Gasteiger partial charge in [0.1, 0.15) is 72.7 Å². The van der Waals surface area contributed by atoms with E-state index in [0.717, 1.165) is 90.4 Å². The second-order valence-corrected chi connectivity index (χ2v) is 29.3. The van der Waals surface area contributed by atoms with Crippen LogP contribution in [0.15, 0.2) is 166 Å². The average molecular weight is 1760 g/mol. The van der Waals surface area contributed by atoms with Crippen LogP contribution in [-0.4, -0.2) is 232 Å². The normalized spacial score (nSPS) is 13.8. The van der Waals surface area contributed by atoms with Gasteiger partial charge in [0.2, 0.25) is 0 Å². The van der Waals surface area contributed by atoms with Gasteiger partial charge in [-0.25, -0.2) is 37.6 Å². The number of nitrogens with zero attached hydrogens (tertiary/aromatic N) is 9. The Balaban J connectivity index is 0.000000191. The molecular weight excluding hydrogens is 1640 g/mol. The number of halogens is 4. The monoisotopic (exact) mass is 1760 g/mol. The van der Waals surface area contributed by atoms with Crippen LogP contribution in [0.25, 0.3) is 0 Å². The summed E-state index contributed by atoms with van der Waals surface area (Å²) in [6.07, 6.45) is 5.75. The van der Waals surface area contributed by atoms with E-state index in [2.05, 4.69) is 42.9 Å². The molecule has 0 saturated heterocycles. The summed E-state index contributed by atoms with van der Waals surface area (Å²) in [6.45, 7) is 22.5. The van der Waals surface area contributed by atoms with Gasteiger partial charge in [-0.05, 0) is 234 Å². The summed E-state index contributed by atoms with van der Waals surface area (Å²) >= 11 is 0. The lowest BCUT2D eigenvalue weighted by Gasteiger charge is -2.24. The first kappa shape index (κ1) is 98.3. The van der Waals surface area contributed by atoms with Crippen LogP contribution in [-0.2, 0) is 0 Å². The molecule has 0 radical (unpaired) electrons. The maximum atomic E-state index is 14.7. The fourth-order valence-corrected chi connectivity index (χ4v) is 13.4. The number of ether oxygens (including phenoxy) is 12. The molecule has 1 unspecified atom stereocenters. The maximum Gasteiger partial charge on any atom is 0.276 e. The van der Waals surface area contributed by atoms with E-state index in [9.17, 15) is 36.7 Å². The molecular formula is C95H118F4N12O16. The van der Waals surface area contributed by atoms with E-state index >= 15 is 0 Å². The van der Waals surface area contributed by atoms with Crippen LogP contribution in [0.4, 0.5) is 17.6 Å². The molecule has 4 N–H and O–H groups in total. The van der Waals surface area contributed by atoms with Gasteiger partial charge in [0.05, 0.1) is 100.0 Å². The summed E-state index contributed by atoms with van der Waals surface area (Å²) in [5.74, 6) is 2.07. The Morgan fingerprint density at radius 1 is 0.394 bits per heavy atom. The van der Waals surface area contributed by atoms with Crippen LogP contribution in [0.1, 0.15) is 164 Å². The second-order valence-electron chi connectivity index (χ2n) is 29.3. The van der Waals surface area contributed by atoms with Gasteiger partial charge < -0.3 is 78.1 Å². The fraction of sp³-hybridized carbons (Fsp3) is 0.411. The Hall–Kier alpha value is -12.5. The van der Waals surface area contributed by atoms with Crippen LogP contribution >= 0.6 is 0 Å². The van der Waals surface area contributed by atoms with E-state index in [4.69, 9.17) is 62.6 Å². The van der Waals surface area contributed by atoms with Crippen molar-refractivity contribution in [3.8, 4) is 69.0 Å². The van der Waals surface area contributed by atoms with Crippen molar-refractivity contribution in [2.75, 3.05) is 154 Å². The van der Waals surface area contributed by atoms with E-state index in [1.54, 1.807) is 59.6 Å². The quantitative estimate of drug-likeness (QED) is 0.0241. The largest absolute Gasteiger partial charge is 0.493 e. The topological polar surface area (TPSA) is 295 Å². The lowest BCUT2D eigenvalue weighted by molar-refractivity contribution is 0.0739. The van der Waals surface area contributed by atoms with Gasteiger partial charge in [0.15, 0.2) is 46.0 Å². The molecule has 0 saturated carbocycles. The number of amides is 4. The molecule has 32 heteroatoms. The van der Waals surface area contributed by atoms with Gasteiger partial charge >= 0.3 is 0 Å². The Morgan fingerprint density at radius 2 is 0.677 bits per heavy atom. The van der Waals surface area contributed by atoms with Crippen molar-refractivity contribution in [3.05, 3.63) is 213 Å². The Morgan fingerprint density at radius 3 is 0.929 bits per heavy atom. The molecule has 0 aliphatic carbocycles. The molecule has 4 amide bonds. The molecule has 682 valence electrons. The van der Waals surface area contributed by atoms with E-state index in [1.807, 2.05) is 122 Å². The second kappa shape index (κ2) is 50.6. The molecule has 8 aromatic rings. The molecule has 0 bridgehead atoms. The van der Waals surface area contributed by atoms with Gasteiger partial charge in [-0.1, -0.05) is 13.8 Å². The average Bonchev–Trinajstić information content (AvgIpc) is 0.720. The van der Waals surface area contributed by atoms with Gasteiger partial charge in [-0.2, -0.15) is 20.4 Å². The molecule has 127 heavy (non-hydrogen) atoms. The van der Waals surface area contributed by atoms with E-state index in [-0.39, 0.29) is 34.9 Å². The first-order chi connectivity index (χ1) is 61.5. The molecule has 0 spiro atoms. The number of hydrogen-bond donors (Lipinski definition) is 3. The van der Waals surface area contributed by atoms with Gasteiger partial charge in [-0.3, -0.25) is 19.2 Å². The molecule has 28 nitrogen and oxygen atoms in total. The van der Waals surface area contributed by atoms with Gasteiger partial charge in [-0.15, -0.1) is 0 Å². The minimum atomic E-state index is -0.655. The number of benzene rings is 8. The first-order valence-electron chi connectivity index (χ1n) is 42.8. The van der Waals surface area contributed by atoms with Crippen molar-refractivity contribution in [3.63, 3.8) is 0 Å². The van der Waals surface area contributed by atoms with E-state index in [1.165, 1.54) is 68.6 Å². The lowest BCUT2D eigenvalue weighted by atomic mass is 10.0. The highest BCUT2D eigenvalue weighted by atomic mass is 19.1. The van der Waals surface area contributed by atoms with Crippen molar-refractivity contribution in [1.82, 2.24) is 35.6 Å². The molecule has 8 aromatic carbocycles. The van der Waals surface area contributed by atoms with Crippen LogP contribution in [0, 0.1) is 23.3 Å². The number of hydrogen-bond acceptors (Lipinski definition) is 24. The molecule has 12 rings (SSSR count). The SMILES string of the molecule is CCNCCOc1ccc(C(=O)N2CCCC(c3ccc(OC)c(OCC)c3)=N2)c(F)c1.CCOc1cc(C2=NN(C(=O)c3ccc(OCC(C)N)cc3F)CCC2)ccc1OC.CCOc1cc(C2=NN(C(=O)c3ccc(OCCN(C)CC)cc3F)CCC2)ccc1OC.CCOc1cc(C2=NN(C(=O)c3ccc(OCCNC)cc3F)CCC2)ccc1OC. The fourth-order valence-electron chi connectivity index (χ4n) is 13.4. The third kappa shape index (κ3) is 28.2. The standard InChI is InChI=1S/C25H32FN3O4.C24H30FN3O4.2C23H28FN3O4/c1-5-28(3)14-15-33-19-10-11-20(21(26)17-19)25(30)29-13-7-8-22(27-29)18-9-12-23(31-4)24(16-18)32-6-2;1-4-26-12-14-32-18-9-10-19(20(25)16-18)24(29)28-13-6-7-21(27-28)17-8-11-22(30-3)23(15-17)31-5-2;1-4-30-22-14-16(7-10-21(22)29-3)20-6-5-12-27(26-20)23(28)18-9-8-17(15-19(18)24)31-13-11-25-2;1-4-30-22-12-16(7-10-21(22)29-3)20-6-5-11-27(26-20)23(28)18-9-8-17(13-19(18)24)31-14-15(2)25/h9-12,16-17H,5-8,13-15H2,1-4H3;8-11,15-16,26H,4-7,12-14H2,1-3H3;7-10,14-15,25H,4-6,11-13H2,1-3H3;7-10,12-13,15H,4-6,11,14,25H2,1-3H3. The minimum Gasteiger partial charge on any atom is -0.493 e. The number of nitrogens with two attached hydrogens (primary N) is 1. The van der Waals surface area contributed by atoms with Crippen molar-refractivity contribution in [2.45, 2.75) is 106 Å². The van der Waals surface area contributed by atoms with Crippen LogP contribution in [0.3, 0.4) is 0 Å². The number of rotatable bonds is 37. The van der Waals surface area contributed by atoms with Gasteiger partial charge in [0, 0.05) is 98.4 Å². The number of nitrogens with one attached hydrogen (secondary N) is 2. The third-order valence-corrected chi connectivity index (χ3v) is 20.1. The number of likely N-dealkylation sites (N-methyl/N-ethyl adjacent to an activating group) is 3. The Labute approximate surface area is 740 Å².